The zero-order valence-corrected chi connectivity index (χ0v) is 12.3. The number of nitrogen functional groups attached to an aromatic ring is 1. The zero-order chi connectivity index (χ0) is 14.7. The molecule has 2 aromatic rings. The maximum atomic E-state index is 13.8. The lowest BCUT2D eigenvalue weighted by molar-refractivity contribution is 0.411. The SMILES string of the molecule is COc1ccc(CS(=O)c2cc(Cl)ccc2N)c(F)c1. The summed E-state index contributed by atoms with van der Waals surface area (Å²) in [5, 5.41) is 0.442. The van der Waals surface area contributed by atoms with Gasteiger partial charge in [-0.25, -0.2) is 4.39 Å². The number of nitrogens with two attached hydrogens (primary N) is 1. The molecule has 0 aliphatic rings. The summed E-state index contributed by atoms with van der Waals surface area (Å²) in [7, 11) is -0.00773. The average Bonchev–Trinajstić information content (AvgIpc) is 2.43. The number of methoxy groups -OCH3 is 1. The fraction of sp³-hybridized carbons (Fsp3) is 0.143. The zero-order valence-electron chi connectivity index (χ0n) is 10.7. The van der Waals surface area contributed by atoms with Crippen molar-refractivity contribution in [1.29, 1.82) is 0 Å². The van der Waals surface area contributed by atoms with Crippen LogP contribution in [0.25, 0.3) is 0 Å². The Morgan fingerprint density at radius 3 is 2.70 bits per heavy atom. The monoisotopic (exact) mass is 313 g/mol. The number of hydrogen-bond donors (Lipinski definition) is 1. The Balaban J connectivity index is 2.25. The van der Waals surface area contributed by atoms with Crippen LogP contribution in [0.5, 0.6) is 5.75 Å². The Morgan fingerprint density at radius 2 is 2.05 bits per heavy atom. The first-order chi connectivity index (χ1) is 9.51. The van der Waals surface area contributed by atoms with Gasteiger partial charge in [-0.3, -0.25) is 4.21 Å². The highest BCUT2D eigenvalue weighted by molar-refractivity contribution is 7.84. The molecular weight excluding hydrogens is 301 g/mol. The van der Waals surface area contributed by atoms with Gasteiger partial charge in [-0.05, 0) is 24.3 Å². The molecule has 0 amide bonds. The molecule has 0 heterocycles. The molecule has 0 saturated carbocycles. The summed E-state index contributed by atoms with van der Waals surface area (Å²) in [5.74, 6) is -0.0157. The van der Waals surface area contributed by atoms with Crippen LogP contribution in [0.4, 0.5) is 10.1 Å². The van der Waals surface area contributed by atoms with E-state index in [0.29, 0.717) is 26.9 Å². The van der Waals surface area contributed by atoms with Gasteiger partial charge in [-0.1, -0.05) is 17.7 Å². The maximum absolute atomic E-state index is 13.8. The third kappa shape index (κ3) is 3.29. The molecule has 0 aromatic heterocycles. The van der Waals surface area contributed by atoms with Crippen LogP contribution >= 0.6 is 11.6 Å². The van der Waals surface area contributed by atoms with E-state index in [2.05, 4.69) is 0 Å². The normalized spacial score (nSPS) is 12.2. The van der Waals surface area contributed by atoms with Crippen LogP contribution in [-0.2, 0) is 16.6 Å². The quantitative estimate of drug-likeness (QED) is 0.880. The fourth-order valence-corrected chi connectivity index (χ4v) is 3.19. The van der Waals surface area contributed by atoms with Gasteiger partial charge in [0, 0.05) is 22.3 Å². The van der Waals surface area contributed by atoms with Crippen LogP contribution in [0.1, 0.15) is 5.56 Å². The Morgan fingerprint density at radius 1 is 1.30 bits per heavy atom. The molecule has 0 bridgehead atoms. The number of halogens is 2. The summed E-state index contributed by atoms with van der Waals surface area (Å²) in [4.78, 5) is 0.410. The van der Waals surface area contributed by atoms with Gasteiger partial charge in [0.1, 0.15) is 11.6 Å². The fourth-order valence-electron chi connectivity index (χ4n) is 1.70. The van der Waals surface area contributed by atoms with Crippen molar-refractivity contribution in [3.05, 3.63) is 52.8 Å². The Kier molecular flexibility index (Phi) is 4.62. The van der Waals surface area contributed by atoms with Gasteiger partial charge in [0.15, 0.2) is 0 Å². The van der Waals surface area contributed by atoms with Crippen LogP contribution in [0, 0.1) is 5.82 Å². The second-order valence-corrected chi connectivity index (χ2v) is 5.99. The van der Waals surface area contributed by atoms with E-state index in [1.54, 1.807) is 24.3 Å². The van der Waals surface area contributed by atoms with E-state index >= 15 is 0 Å². The minimum Gasteiger partial charge on any atom is -0.497 e. The minimum atomic E-state index is -1.47. The lowest BCUT2D eigenvalue weighted by atomic mass is 10.2. The number of anilines is 1. The van der Waals surface area contributed by atoms with Gasteiger partial charge in [-0.2, -0.15) is 0 Å². The summed E-state index contributed by atoms with van der Waals surface area (Å²) < 4.78 is 31.0. The second-order valence-electron chi connectivity index (χ2n) is 4.13. The molecule has 0 spiro atoms. The molecule has 2 rings (SSSR count). The summed E-state index contributed by atoms with van der Waals surface area (Å²) in [6.07, 6.45) is 0. The van der Waals surface area contributed by atoms with Gasteiger partial charge in [-0.15, -0.1) is 0 Å². The van der Waals surface area contributed by atoms with Gasteiger partial charge in [0.05, 0.1) is 28.6 Å². The van der Waals surface area contributed by atoms with Crippen molar-refractivity contribution < 1.29 is 13.3 Å². The first kappa shape index (κ1) is 14.8. The Labute approximate surface area is 124 Å². The van der Waals surface area contributed by atoms with Crippen molar-refractivity contribution >= 4 is 28.1 Å². The van der Waals surface area contributed by atoms with E-state index in [9.17, 15) is 8.60 Å². The number of benzene rings is 2. The summed E-state index contributed by atoms with van der Waals surface area (Å²) in [6.45, 7) is 0. The van der Waals surface area contributed by atoms with Gasteiger partial charge < -0.3 is 10.5 Å². The van der Waals surface area contributed by atoms with Gasteiger partial charge in [0.2, 0.25) is 0 Å². The molecule has 1 atom stereocenters. The van der Waals surface area contributed by atoms with Crippen molar-refractivity contribution in [1.82, 2.24) is 0 Å². The second kappa shape index (κ2) is 6.24. The van der Waals surface area contributed by atoms with E-state index in [0.717, 1.165) is 0 Å². The van der Waals surface area contributed by atoms with Crippen LogP contribution in [0.2, 0.25) is 5.02 Å². The lowest BCUT2D eigenvalue weighted by Crippen LogP contribution is -2.02. The molecule has 3 nitrogen and oxygen atoms in total. The molecule has 2 N–H and O–H groups in total. The predicted octanol–water partition coefficient (Wildman–Crippen LogP) is 3.38. The largest absolute Gasteiger partial charge is 0.497 e. The van der Waals surface area contributed by atoms with Crippen LogP contribution in [0.15, 0.2) is 41.3 Å². The molecule has 6 heteroatoms. The number of hydrogen-bond acceptors (Lipinski definition) is 3. The molecule has 2 aromatic carbocycles. The molecule has 20 heavy (non-hydrogen) atoms. The number of ether oxygens (including phenoxy) is 1. The molecule has 0 fully saturated rings. The van der Waals surface area contributed by atoms with Crippen molar-refractivity contribution in [2.75, 3.05) is 12.8 Å². The highest BCUT2D eigenvalue weighted by Crippen LogP contribution is 2.25. The molecule has 106 valence electrons. The van der Waals surface area contributed by atoms with Gasteiger partial charge in [0.25, 0.3) is 0 Å². The topological polar surface area (TPSA) is 52.3 Å². The molecule has 0 radical (unpaired) electrons. The van der Waals surface area contributed by atoms with Gasteiger partial charge >= 0.3 is 0 Å². The van der Waals surface area contributed by atoms with E-state index in [4.69, 9.17) is 22.1 Å². The first-order valence-corrected chi connectivity index (χ1v) is 7.46. The van der Waals surface area contributed by atoms with Crippen LogP contribution in [0.3, 0.4) is 0 Å². The Hall–Kier alpha value is -1.59. The van der Waals surface area contributed by atoms with Crippen molar-refractivity contribution in [2.24, 2.45) is 0 Å². The molecule has 1 unspecified atom stereocenters. The minimum absolute atomic E-state index is 0.0281. The van der Waals surface area contributed by atoms with Crippen LogP contribution in [-0.4, -0.2) is 11.3 Å². The Bertz CT molecular complexity index is 664. The standard InChI is InChI=1S/C14H13ClFNO2S/c1-19-11-4-2-9(12(16)7-11)8-20(18)14-6-10(15)3-5-13(14)17/h2-7H,8,17H2,1H3. The summed E-state index contributed by atoms with van der Waals surface area (Å²) in [6, 6.07) is 9.16. The third-order valence-corrected chi connectivity index (χ3v) is 4.42. The van der Waals surface area contributed by atoms with Crippen molar-refractivity contribution in [3.63, 3.8) is 0 Å². The lowest BCUT2D eigenvalue weighted by Gasteiger charge is -2.08. The average molecular weight is 314 g/mol. The van der Waals surface area contributed by atoms with E-state index < -0.39 is 16.6 Å². The van der Waals surface area contributed by atoms with Crippen molar-refractivity contribution in [3.8, 4) is 5.75 Å². The molecule has 0 aliphatic heterocycles. The smallest absolute Gasteiger partial charge is 0.131 e. The maximum Gasteiger partial charge on any atom is 0.131 e. The van der Waals surface area contributed by atoms with Crippen LogP contribution < -0.4 is 10.5 Å². The molecular formula is C14H13ClFNO2S. The summed E-state index contributed by atoms with van der Waals surface area (Å²) >= 11 is 5.85. The number of rotatable bonds is 4. The predicted molar refractivity (Wildman–Crippen MR) is 78.9 cm³/mol. The third-order valence-electron chi connectivity index (χ3n) is 2.77. The van der Waals surface area contributed by atoms with E-state index in [1.807, 2.05) is 0 Å². The molecule has 0 aliphatic carbocycles. The molecule has 0 saturated heterocycles. The van der Waals surface area contributed by atoms with Crippen molar-refractivity contribution in [2.45, 2.75) is 10.6 Å². The highest BCUT2D eigenvalue weighted by atomic mass is 35.5. The van der Waals surface area contributed by atoms with E-state index in [1.165, 1.54) is 19.2 Å². The summed E-state index contributed by atoms with van der Waals surface area (Å²) in [5.41, 5.74) is 6.48. The first-order valence-electron chi connectivity index (χ1n) is 5.77. The van der Waals surface area contributed by atoms with E-state index in [-0.39, 0.29) is 5.75 Å². The highest BCUT2D eigenvalue weighted by Gasteiger charge is 2.13.